The molecule has 1 amide bonds. The SMILES string of the molecule is CCOc1cc(/C=C2/C(=O)N(c3ccccc3)N=C2C)cc(I)c1OCc1ccccc1F. The third-order valence-electron chi connectivity index (χ3n) is 5.04. The van der Waals surface area contributed by atoms with Gasteiger partial charge in [0, 0.05) is 5.56 Å². The van der Waals surface area contributed by atoms with Crippen LogP contribution < -0.4 is 14.5 Å². The van der Waals surface area contributed by atoms with E-state index in [0.717, 1.165) is 9.13 Å². The van der Waals surface area contributed by atoms with E-state index in [-0.39, 0.29) is 18.3 Å². The second-order valence-corrected chi connectivity index (χ2v) is 8.50. The summed E-state index contributed by atoms with van der Waals surface area (Å²) in [4.78, 5) is 13.0. The normalized spacial score (nSPS) is 14.5. The molecule has 1 heterocycles. The third-order valence-corrected chi connectivity index (χ3v) is 5.84. The maximum Gasteiger partial charge on any atom is 0.280 e. The number of halogens is 2. The van der Waals surface area contributed by atoms with Crippen molar-refractivity contribution in [3.05, 3.63) is 92.8 Å². The Hall–Kier alpha value is -3.20. The first kappa shape index (κ1) is 23.0. The standard InChI is InChI=1S/C26H22FIN2O3/c1-3-32-24-15-18(14-23(28)25(24)33-16-19-9-7-8-12-22(19)27)13-21-17(2)29-30(26(21)31)20-10-5-4-6-11-20/h4-15H,3,16H2,1-2H3/b21-13+. The number of para-hydroxylation sites is 1. The van der Waals surface area contributed by atoms with Gasteiger partial charge in [-0.05, 0) is 78.4 Å². The van der Waals surface area contributed by atoms with E-state index in [9.17, 15) is 9.18 Å². The number of hydrogen-bond donors (Lipinski definition) is 0. The summed E-state index contributed by atoms with van der Waals surface area (Å²) < 4.78 is 26.5. The van der Waals surface area contributed by atoms with Gasteiger partial charge in [-0.25, -0.2) is 4.39 Å². The van der Waals surface area contributed by atoms with E-state index in [1.54, 1.807) is 24.3 Å². The zero-order valence-corrected chi connectivity index (χ0v) is 20.4. The van der Waals surface area contributed by atoms with Crippen LogP contribution in [0, 0.1) is 9.39 Å². The van der Waals surface area contributed by atoms with Gasteiger partial charge in [-0.3, -0.25) is 4.79 Å². The van der Waals surface area contributed by atoms with Crippen molar-refractivity contribution in [2.24, 2.45) is 5.10 Å². The number of anilines is 1. The molecule has 0 bridgehead atoms. The topological polar surface area (TPSA) is 51.1 Å². The van der Waals surface area contributed by atoms with Crippen LogP contribution in [0.25, 0.3) is 6.08 Å². The van der Waals surface area contributed by atoms with Crippen molar-refractivity contribution >= 4 is 46.0 Å². The van der Waals surface area contributed by atoms with Crippen molar-refractivity contribution in [2.45, 2.75) is 20.5 Å². The number of carbonyl (C=O) groups is 1. The summed E-state index contributed by atoms with van der Waals surface area (Å²) in [5.41, 5.74) is 3.11. The zero-order chi connectivity index (χ0) is 23.4. The third kappa shape index (κ3) is 5.08. The summed E-state index contributed by atoms with van der Waals surface area (Å²) >= 11 is 2.16. The van der Waals surface area contributed by atoms with E-state index < -0.39 is 0 Å². The molecule has 0 aliphatic carbocycles. The fraction of sp³-hybridized carbons (Fsp3) is 0.154. The van der Waals surface area contributed by atoms with Gasteiger partial charge in [0.2, 0.25) is 0 Å². The van der Waals surface area contributed by atoms with E-state index in [2.05, 4.69) is 27.7 Å². The first-order chi connectivity index (χ1) is 16.0. The van der Waals surface area contributed by atoms with Crippen molar-refractivity contribution in [3.63, 3.8) is 0 Å². The number of amides is 1. The molecule has 1 aliphatic rings. The summed E-state index contributed by atoms with van der Waals surface area (Å²) in [6.45, 7) is 4.22. The van der Waals surface area contributed by atoms with Gasteiger partial charge in [0.1, 0.15) is 12.4 Å². The Balaban J connectivity index is 1.62. The van der Waals surface area contributed by atoms with Gasteiger partial charge >= 0.3 is 0 Å². The second-order valence-electron chi connectivity index (χ2n) is 7.34. The molecule has 0 N–H and O–H groups in total. The van der Waals surface area contributed by atoms with Gasteiger partial charge in [-0.1, -0.05) is 36.4 Å². The summed E-state index contributed by atoms with van der Waals surface area (Å²) in [5.74, 6) is 0.570. The number of ether oxygens (including phenoxy) is 2. The lowest BCUT2D eigenvalue weighted by Gasteiger charge is -2.15. The molecular formula is C26H22FIN2O3. The molecule has 33 heavy (non-hydrogen) atoms. The average molecular weight is 556 g/mol. The summed E-state index contributed by atoms with van der Waals surface area (Å²) in [7, 11) is 0. The molecule has 0 unspecified atom stereocenters. The minimum absolute atomic E-state index is 0.0828. The Bertz CT molecular complexity index is 1240. The second kappa shape index (κ2) is 10.2. The van der Waals surface area contributed by atoms with E-state index in [0.29, 0.717) is 40.6 Å². The first-order valence-electron chi connectivity index (χ1n) is 10.5. The highest BCUT2D eigenvalue weighted by Gasteiger charge is 2.28. The van der Waals surface area contributed by atoms with Crippen molar-refractivity contribution in [1.29, 1.82) is 0 Å². The monoisotopic (exact) mass is 556 g/mol. The number of benzene rings is 3. The van der Waals surface area contributed by atoms with Crippen LogP contribution in [0.4, 0.5) is 10.1 Å². The van der Waals surface area contributed by atoms with Gasteiger partial charge in [0.25, 0.3) is 5.91 Å². The number of rotatable bonds is 7. The molecule has 3 aromatic carbocycles. The van der Waals surface area contributed by atoms with Crippen LogP contribution in [0.3, 0.4) is 0 Å². The number of nitrogens with zero attached hydrogens (tertiary/aromatic N) is 2. The van der Waals surface area contributed by atoms with Crippen LogP contribution in [-0.2, 0) is 11.4 Å². The summed E-state index contributed by atoms with van der Waals surface area (Å²) in [6, 6.07) is 19.5. The van der Waals surface area contributed by atoms with Crippen molar-refractivity contribution in [1.82, 2.24) is 0 Å². The van der Waals surface area contributed by atoms with E-state index >= 15 is 0 Å². The van der Waals surface area contributed by atoms with Crippen molar-refractivity contribution in [3.8, 4) is 11.5 Å². The smallest absolute Gasteiger partial charge is 0.280 e. The number of carbonyl (C=O) groups excluding carboxylic acids is 1. The van der Waals surface area contributed by atoms with Crippen LogP contribution >= 0.6 is 22.6 Å². The van der Waals surface area contributed by atoms with Crippen LogP contribution in [-0.4, -0.2) is 18.2 Å². The molecule has 0 fully saturated rings. The highest BCUT2D eigenvalue weighted by Crippen LogP contribution is 2.36. The highest BCUT2D eigenvalue weighted by molar-refractivity contribution is 14.1. The maximum absolute atomic E-state index is 14.0. The molecule has 0 saturated carbocycles. The Kier molecular flexibility index (Phi) is 7.08. The molecule has 1 aliphatic heterocycles. The molecule has 3 aromatic rings. The lowest BCUT2D eigenvalue weighted by Crippen LogP contribution is -2.21. The molecule has 0 atom stereocenters. The lowest BCUT2D eigenvalue weighted by atomic mass is 10.1. The Labute approximate surface area is 205 Å². The Morgan fingerprint density at radius 2 is 1.79 bits per heavy atom. The fourth-order valence-electron chi connectivity index (χ4n) is 3.43. The fourth-order valence-corrected chi connectivity index (χ4v) is 4.22. The summed E-state index contributed by atoms with van der Waals surface area (Å²) in [6.07, 6.45) is 1.80. The highest BCUT2D eigenvalue weighted by atomic mass is 127. The predicted molar refractivity (Wildman–Crippen MR) is 136 cm³/mol. The molecule has 0 saturated heterocycles. The minimum Gasteiger partial charge on any atom is -0.490 e. The van der Waals surface area contributed by atoms with E-state index in [1.807, 2.05) is 56.3 Å². The number of hydrazone groups is 1. The lowest BCUT2D eigenvalue weighted by molar-refractivity contribution is -0.114. The number of hydrogen-bond acceptors (Lipinski definition) is 4. The molecular weight excluding hydrogens is 534 g/mol. The van der Waals surface area contributed by atoms with Gasteiger partial charge in [0.15, 0.2) is 11.5 Å². The van der Waals surface area contributed by atoms with Crippen molar-refractivity contribution in [2.75, 3.05) is 11.6 Å². The van der Waals surface area contributed by atoms with Crippen LogP contribution in [0.5, 0.6) is 11.5 Å². The quantitative estimate of drug-likeness (QED) is 0.257. The largest absolute Gasteiger partial charge is 0.490 e. The molecule has 7 heteroatoms. The Morgan fingerprint density at radius 1 is 1.06 bits per heavy atom. The van der Waals surface area contributed by atoms with Gasteiger partial charge < -0.3 is 9.47 Å². The molecule has 0 aromatic heterocycles. The van der Waals surface area contributed by atoms with E-state index in [1.165, 1.54) is 11.1 Å². The van der Waals surface area contributed by atoms with Gasteiger partial charge in [-0.15, -0.1) is 0 Å². The zero-order valence-electron chi connectivity index (χ0n) is 18.2. The molecule has 4 rings (SSSR count). The molecule has 5 nitrogen and oxygen atoms in total. The maximum atomic E-state index is 14.0. The van der Waals surface area contributed by atoms with Crippen molar-refractivity contribution < 1.29 is 18.7 Å². The minimum atomic E-state index is -0.315. The van der Waals surface area contributed by atoms with E-state index in [4.69, 9.17) is 9.47 Å². The molecule has 0 radical (unpaired) electrons. The van der Waals surface area contributed by atoms with Crippen LogP contribution in [0.2, 0.25) is 0 Å². The van der Waals surface area contributed by atoms with Gasteiger partial charge in [-0.2, -0.15) is 10.1 Å². The van der Waals surface area contributed by atoms with Gasteiger partial charge in [0.05, 0.1) is 27.1 Å². The summed E-state index contributed by atoms with van der Waals surface area (Å²) in [5, 5.41) is 5.83. The van der Waals surface area contributed by atoms with Crippen LogP contribution in [0.15, 0.2) is 77.4 Å². The average Bonchev–Trinajstić information content (AvgIpc) is 3.09. The Morgan fingerprint density at radius 3 is 2.52 bits per heavy atom. The molecule has 168 valence electrons. The molecule has 0 spiro atoms. The first-order valence-corrected chi connectivity index (χ1v) is 11.5. The predicted octanol–water partition coefficient (Wildman–Crippen LogP) is 6.21. The van der Waals surface area contributed by atoms with Crippen LogP contribution in [0.1, 0.15) is 25.0 Å².